The molecular weight excluding hydrogens is 273 g/mol. The van der Waals surface area contributed by atoms with E-state index in [9.17, 15) is 9.59 Å². The van der Waals surface area contributed by atoms with Crippen LogP contribution < -0.4 is 5.73 Å². The van der Waals surface area contributed by atoms with Gasteiger partial charge >= 0.3 is 5.97 Å². The molecule has 0 aliphatic heterocycles. The van der Waals surface area contributed by atoms with Gasteiger partial charge in [-0.15, -0.1) is 0 Å². The molecule has 0 saturated heterocycles. The summed E-state index contributed by atoms with van der Waals surface area (Å²) in [5.41, 5.74) is 5.37. The van der Waals surface area contributed by atoms with Gasteiger partial charge in [-0.3, -0.25) is 9.59 Å². The van der Waals surface area contributed by atoms with Crippen molar-refractivity contribution in [3.63, 3.8) is 0 Å². The number of carboxylic acids is 1. The lowest BCUT2D eigenvalue weighted by molar-refractivity contribution is -0.139. The van der Waals surface area contributed by atoms with Crippen LogP contribution in [0.3, 0.4) is 0 Å². The highest BCUT2D eigenvalue weighted by Crippen LogP contribution is 2.19. The van der Waals surface area contributed by atoms with Crippen LogP contribution in [0.2, 0.25) is 0 Å². The summed E-state index contributed by atoms with van der Waals surface area (Å²) in [5.74, 6) is -1.28. The Labute approximate surface area is 84.6 Å². The number of carbonyl (C=O) groups is 2. The van der Waals surface area contributed by atoms with E-state index >= 15 is 0 Å². The summed E-state index contributed by atoms with van der Waals surface area (Å²) in [6.45, 7) is 3.41. The van der Waals surface area contributed by atoms with Crippen LogP contribution in [0.4, 0.5) is 0 Å². The highest BCUT2D eigenvalue weighted by molar-refractivity contribution is 14.1. The predicted octanol–water partition coefficient (Wildman–Crippen LogP) is 0.571. The van der Waals surface area contributed by atoms with E-state index in [1.807, 2.05) is 22.6 Å². The molecule has 0 spiro atoms. The first kappa shape index (κ1) is 11.8. The highest BCUT2D eigenvalue weighted by Gasteiger charge is 2.29. The molecule has 0 saturated carbocycles. The first-order valence-electron chi connectivity index (χ1n) is 3.45. The molecule has 0 fully saturated rings. The summed E-state index contributed by atoms with van der Waals surface area (Å²) in [5, 5.41) is 8.36. The molecule has 0 unspecified atom stereocenters. The zero-order valence-corrected chi connectivity index (χ0v) is 9.16. The SMILES string of the molecule is CC(C)(I)C(=O)[C@@H](N)CC(=O)O. The van der Waals surface area contributed by atoms with Crippen molar-refractivity contribution in [2.24, 2.45) is 5.73 Å². The minimum Gasteiger partial charge on any atom is -0.481 e. The number of nitrogens with two attached hydrogens (primary N) is 1. The molecule has 3 N–H and O–H groups in total. The van der Waals surface area contributed by atoms with E-state index in [0.717, 1.165) is 0 Å². The smallest absolute Gasteiger partial charge is 0.305 e. The molecule has 5 heteroatoms. The third-order valence-corrected chi connectivity index (χ3v) is 1.85. The van der Waals surface area contributed by atoms with Crippen molar-refractivity contribution in [1.82, 2.24) is 0 Å². The van der Waals surface area contributed by atoms with Gasteiger partial charge in [0.1, 0.15) is 0 Å². The lowest BCUT2D eigenvalue weighted by atomic mass is 10.0. The second-order valence-corrected chi connectivity index (χ2v) is 5.74. The quantitative estimate of drug-likeness (QED) is 0.584. The maximum absolute atomic E-state index is 11.3. The molecule has 0 bridgehead atoms. The van der Waals surface area contributed by atoms with Crippen LogP contribution in [0.5, 0.6) is 0 Å². The predicted molar refractivity (Wildman–Crippen MR) is 53.3 cm³/mol. The van der Waals surface area contributed by atoms with E-state index in [4.69, 9.17) is 10.8 Å². The van der Waals surface area contributed by atoms with E-state index in [2.05, 4.69) is 0 Å². The van der Waals surface area contributed by atoms with Crippen molar-refractivity contribution in [3.05, 3.63) is 0 Å². The molecular formula is C7H12INO3. The maximum atomic E-state index is 11.3. The lowest BCUT2D eigenvalue weighted by Gasteiger charge is -2.18. The molecule has 12 heavy (non-hydrogen) atoms. The standard InChI is InChI=1S/C7H12INO3/c1-7(2,8)6(12)4(9)3-5(10)11/h4H,3,9H2,1-2H3,(H,10,11)/t4-/m0/s1. The topological polar surface area (TPSA) is 80.4 Å². The molecule has 0 aliphatic carbocycles. The van der Waals surface area contributed by atoms with E-state index in [0.29, 0.717) is 0 Å². The van der Waals surface area contributed by atoms with E-state index in [1.165, 1.54) is 0 Å². The van der Waals surface area contributed by atoms with E-state index in [-0.39, 0.29) is 12.2 Å². The Morgan fingerprint density at radius 3 is 2.25 bits per heavy atom. The van der Waals surface area contributed by atoms with Gasteiger partial charge in [-0.2, -0.15) is 0 Å². The normalized spacial score (nSPS) is 14.0. The fourth-order valence-electron chi connectivity index (χ4n) is 0.722. The molecule has 0 aromatic rings. The van der Waals surface area contributed by atoms with Crippen molar-refractivity contribution in [2.75, 3.05) is 0 Å². The molecule has 70 valence electrons. The lowest BCUT2D eigenvalue weighted by Crippen LogP contribution is -2.42. The Hall–Kier alpha value is -0.170. The van der Waals surface area contributed by atoms with Gasteiger partial charge in [0.05, 0.1) is 15.9 Å². The van der Waals surface area contributed by atoms with Gasteiger partial charge in [0, 0.05) is 0 Å². The third kappa shape index (κ3) is 4.01. The van der Waals surface area contributed by atoms with Crippen molar-refractivity contribution in [1.29, 1.82) is 0 Å². The number of rotatable bonds is 4. The van der Waals surface area contributed by atoms with Crippen LogP contribution >= 0.6 is 22.6 Å². The molecule has 0 aliphatic rings. The van der Waals surface area contributed by atoms with Crippen LogP contribution in [0.25, 0.3) is 0 Å². The van der Waals surface area contributed by atoms with E-state index in [1.54, 1.807) is 13.8 Å². The van der Waals surface area contributed by atoms with Crippen molar-refractivity contribution in [2.45, 2.75) is 29.7 Å². The molecule has 0 heterocycles. The number of carboxylic acid groups (broad SMARTS) is 1. The second-order valence-electron chi connectivity index (χ2n) is 3.04. The van der Waals surface area contributed by atoms with Gasteiger partial charge in [0.25, 0.3) is 0 Å². The maximum Gasteiger partial charge on any atom is 0.305 e. The third-order valence-electron chi connectivity index (χ3n) is 1.32. The van der Waals surface area contributed by atoms with Crippen molar-refractivity contribution < 1.29 is 14.7 Å². The van der Waals surface area contributed by atoms with Gasteiger partial charge in [-0.25, -0.2) is 0 Å². The summed E-state index contributed by atoms with van der Waals surface area (Å²) in [6, 6.07) is -0.894. The largest absolute Gasteiger partial charge is 0.481 e. The number of aliphatic carboxylic acids is 1. The van der Waals surface area contributed by atoms with Crippen LogP contribution in [-0.4, -0.2) is 26.3 Å². The van der Waals surface area contributed by atoms with Crippen LogP contribution in [0.1, 0.15) is 20.3 Å². The summed E-state index contributed by atoms with van der Waals surface area (Å²) < 4.78 is -0.591. The first-order chi connectivity index (χ1) is 5.25. The summed E-state index contributed by atoms with van der Waals surface area (Å²) in [4.78, 5) is 21.5. The van der Waals surface area contributed by atoms with Crippen molar-refractivity contribution in [3.8, 4) is 0 Å². The molecule has 0 aromatic carbocycles. The number of carbonyl (C=O) groups excluding carboxylic acids is 1. The fraction of sp³-hybridized carbons (Fsp3) is 0.714. The zero-order chi connectivity index (χ0) is 9.94. The number of hydrogen-bond donors (Lipinski definition) is 2. The highest BCUT2D eigenvalue weighted by atomic mass is 127. The van der Waals surface area contributed by atoms with Crippen LogP contribution in [-0.2, 0) is 9.59 Å². The Morgan fingerprint density at radius 2 is 2.00 bits per heavy atom. The number of halogens is 1. The molecule has 4 nitrogen and oxygen atoms in total. The molecule has 0 radical (unpaired) electrons. The minimum absolute atomic E-state index is 0.231. The van der Waals surface area contributed by atoms with Crippen molar-refractivity contribution >= 4 is 34.3 Å². The summed E-state index contributed by atoms with van der Waals surface area (Å²) >= 11 is 1.94. The van der Waals surface area contributed by atoms with Gasteiger partial charge in [0.2, 0.25) is 0 Å². The number of hydrogen-bond acceptors (Lipinski definition) is 3. The Morgan fingerprint density at radius 1 is 1.58 bits per heavy atom. The average molecular weight is 285 g/mol. The van der Waals surface area contributed by atoms with Crippen LogP contribution in [0.15, 0.2) is 0 Å². The monoisotopic (exact) mass is 285 g/mol. The van der Waals surface area contributed by atoms with Gasteiger partial charge in [-0.05, 0) is 13.8 Å². The first-order valence-corrected chi connectivity index (χ1v) is 4.53. The molecule has 0 amide bonds. The molecule has 1 atom stereocenters. The fourth-order valence-corrected chi connectivity index (χ4v) is 1.12. The molecule has 0 rings (SSSR count). The Bertz CT molecular complexity index is 197. The Balaban J connectivity index is 4.21. The Kier molecular flexibility index (Phi) is 4.12. The van der Waals surface area contributed by atoms with Gasteiger partial charge in [0.15, 0.2) is 5.78 Å². The van der Waals surface area contributed by atoms with Crippen LogP contribution in [0, 0.1) is 0 Å². The number of Topliss-reactive ketones (excluding diaryl/α,β-unsaturated/α-hetero) is 1. The van der Waals surface area contributed by atoms with Gasteiger partial charge in [-0.1, -0.05) is 22.6 Å². The second kappa shape index (κ2) is 4.18. The minimum atomic E-state index is -1.04. The number of alkyl halides is 1. The molecule has 0 aromatic heterocycles. The van der Waals surface area contributed by atoms with E-state index < -0.39 is 15.4 Å². The zero-order valence-electron chi connectivity index (χ0n) is 7.00. The summed E-state index contributed by atoms with van der Waals surface area (Å²) in [6.07, 6.45) is -0.300. The summed E-state index contributed by atoms with van der Waals surface area (Å²) in [7, 11) is 0. The number of ketones is 1. The average Bonchev–Trinajstić information content (AvgIpc) is 1.82. The van der Waals surface area contributed by atoms with Gasteiger partial charge < -0.3 is 10.8 Å².